The number of hydrogen-bond acceptors (Lipinski definition) is 4. The molecule has 1 rings (SSSR count). The van der Waals surface area contributed by atoms with Crippen LogP contribution in [0.15, 0.2) is 12.1 Å². The Morgan fingerprint density at radius 1 is 1.61 bits per heavy atom. The van der Waals surface area contributed by atoms with Crippen LogP contribution in [-0.2, 0) is 4.79 Å². The first-order valence-corrected chi connectivity index (χ1v) is 5.80. The highest BCUT2D eigenvalue weighted by molar-refractivity contribution is 5.78. The van der Waals surface area contributed by atoms with Crippen LogP contribution in [0.2, 0.25) is 0 Å². The molecular weight excluding hydrogens is 228 g/mol. The lowest BCUT2D eigenvalue weighted by atomic mass is 10.1. The van der Waals surface area contributed by atoms with Gasteiger partial charge in [0.1, 0.15) is 11.9 Å². The number of pyridine rings is 1. The van der Waals surface area contributed by atoms with Crippen molar-refractivity contribution in [2.45, 2.75) is 13.8 Å². The standard InChI is InChI=1S/C13H18N4O/c1-9(13(18)15-3)8-17(4)12-11(7-14)6-5-10(2)16-12/h5-6,9H,8H2,1-4H3,(H,15,18). The van der Waals surface area contributed by atoms with Crippen molar-refractivity contribution in [1.29, 1.82) is 5.26 Å². The monoisotopic (exact) mass is 246 g/mol. The molecule has 1 aromatic heterocycles. The van der Waals surface area contributed by atoms with Crippen molar-refractivity contribution < 1.29 is 4.79 Å². The summed E-state index contributed by atoms with van der Waals surface area (Å²) in [6.07, 6.45) is 0. The first-order valence-electron chi connectivity index (χ1n) is 5.80. The van der Waals surface area contributed by atoms with Gasteiger partial charge in [-0.15, -0.1) is 0 Å². The van der Waals surface area contributed by atoms with Crippen molar-refractivity contribution in [3.8, 4) is 6.07 Å². The zero-order valence-corrected chi connectivity index (χ0v) is 11.2. The van der Waals surface area contributed by atoms with Crippen LogP contribution in [0.3, 0.4) is 0 Å². The molecule has 0 fully saturated rings. The highest BCUT2D eigenvalue weighted by Crippen LogP contribution is 2.17. The lowest BCUT2D eigenvalue weighted by molar-refractivity contribution is -0.123. The minimum atomic E-state index is -0.158. The number of carbonyl (C=O) groups excluding carboxylic acids is 1. The van der Waals surface area contributed by atoms with E-state index in [1.807, 2.05) is 25.8 Å². The minimum absolute atomic E-state index is 0.0204. The second kappa shape index (κ2) is 6.01. The normalized spacial score (nSPS) is 11.5. The van der Waals surface area contributed by atoms with E-state index in [-0.39, 0.29) is 11.8 Å². The average Bonchev–Trinajstić information content (AvgIpc) is 2.37. The number of aromatic nitrogens is 1. The maximum atomic E-state index is 11.5. The second-order valence-corrected chi connectivity index (χ2v) is 4.33. The molecule has 0 spiro atoms. The van der Waals surface area contributed by atoms with Crippen molar-refractivity contribution in [1.82, 2.24) is 10.3 Å². The van der Waals surface area contributed by atoms with Crippen molar-refractivity contribution in [2.75, 3.05) is 25.5 Å². The molecule has 0 radical (unpaired) electrons. The van der Waals surface area contributed by atoms with Crippen molar-refractivity contribution in [3.63, 3.8) is 0 Å². The van der Waals surface area contributed by atoms with E-state index in [1.165, 1.54) is 0 Å². The molecule has 0 aromatic carbocycles. The Balaban J connectivity index is 2.90. The molecule has 1 N–H and O–H groups in total. The van der Waals surface area contributed by atoms with Gasteiger partial charge in [-0.05, 0) is 19.1 Å². The van der Waals surface area contributed by atoms with Gasteiger partial charge >= 0.3 is 0 Å². The van der Waals surface area contributed by atoms with Gasteiger partial charge in [0.25, 0.3) is 0 Å². The predicted molar refractivity (Wildman–Crippen MR) is 70.2 cm³/mol. The van der Waals surface area contributed by atoms with E-state index in [0.29, 0.717) is 17.9 Å². The summed E-state index contributed by atoms with van der Waals surface area (Å²) in [5, 5.41) is 11.7. The number of aryl methyl sites for hydroxylation is 1. The third kappa shape index (κ3) is 3.20. The van der Waals surface area contributed by atoms with E-state index in [1.54, 1.807) is 19.2 Å². The van der Waals surface area contributed by atoms with Crippen molar-refractivity contribution in [3.05, 3.63) is 23.4 Å². The molecule has 0 saturated heterocycles. The Morgan fingerprint density at radius 3 is 2.83 bits per heavy atom. The highest BCUT2D eigenvalue weighted by atomic mass is 16.1. The molecule has 1 amide bonds. The molecule has 0 aliphatic heterocycles. The van der Waals surface area contributed by atoms with E-state index < -0.39 is 0 Å². The minimum Gasteiger partial charge on any atom is -0.359 e. The molecular formula is C13H18N4O. The zero-order chi connectivity index (χ0) is 13.7. The smallest absolute Gasteiger partial charge is 0.224 e. The zero-order valence-electron chi connectivity index (χ0n) is 11.2. The number of nitrogens with zero attached hydrogens (tertiary/aromatic N) is 3. The summed E-state index contributed by atoms with van der Waals surface area (Å²) >= 11 is 0. The summed E-state index contributed by atoms with van der Waals surface area (Å²) in [6, 6.07) is 5.67. The first-order chi connectivity index (χ1) is 8.49. The largest absolute Gasteiger partial charge is 0.359 e. The number of carbonyl (C=O) groups is 1. The molecule has 5 nitrogen and oxygen atoms in total. The van der Waals surface area contributed by atoms with Crippen LogP contribution >= 0.6 is 0 Å². The summed E-state index contributed by atoms with van der Waals surface area (Å²) in [5.74, 6) is 0.440. The van der Waals surface area contributed by atoms with E-state index in [4.69, 9.17) is 5.26 Å². The maximum absolute atomic E-state index is 11.5. The summed E-state index contributed by atoms with van der Waals surface area (Å²) in [4.78, 5) is 17.7. The molecule has 1 atom stereocenters. The first kappa shape index (κ1) is 14.0. The molecule has 18 heavy (non-hydrogen) atoms. The van der Waals surface area contributed by atoms with Gasteiger partial charge in [-0.25, -0.2) is 4.98 Å². The van der Waals surface area contributed by atoms with Gasteiger partial charge < -0.3 is 10.2 Å². The molecule has 1 unspecified atom stereocenters. The molecule has 0 aliphatic rings. The fraction of sp³-hybridized carbons (Fsp3) is 0.462. The summed E-state index contributed by atoms with van der Waals surface area (Å²) in [7, 11) is 3.45. The van der Waals surface area contributed by atoms with E-state index >= 15 is 0 Å². The SMILES string of the molecule is CNC(=O)C(C)CN(C)c1nc(C)ccc1C#N. The highest BCUT2D eigenvalue weighted by Gasteiger charge is 2.16. The molecule has 0 saturated carbocycles. The van der Waals surface area contributed by atoms with E-state index in [9.17, 15) is 4.79 Å². The number of hydrogen-bond donors (Lipinski definition) is 1. The summed E-state index contributed by atoms with van der Waals surface area (Å²) in [6.45, 7) is 4.24. The Hall–Kier alpha value is -2.09. The number of amides is 1. The lowest BCUT2D eigenvalue weighted by Gasteiger charge is -2.22. The van der Waals surface area contributed by atoms with Crippen LogP contribution in [0.4, 0.5) is 5.82 Å². The van der Waals surface area contributed by atoms with E-state index in [0.717, 1.165) is 5.69 Å². The lowest BCUT2D eigenvalue weighted by Crippen LogP contribution is -2.35. The predicted octanol–water partition coefficient (Wildman–Crippen LogP) is 1.08. The van der Waals surface area contributed by atoms with Gasteiger partial charge in [0.15, 0.2) is 0 Å². The van der Waals surface area contributed by atoms with Crippen LogP contribution in [0, 0.1) is 24.2 Å². The number of rotatable bonds is 4. The van der Waals surface area contributed by atoms with Crippen LogP contribution in [0.5, 0.6) is 0 Å². The van der Waals surface area contributed by atoms with E-state index in [2.05, 4.69) is 16.4 Å². The van der Waals surface area contributed by atoms with Crippen LogP contribution < -0.4 is 10.2 Å². The summed E-state index contributed by atoms with van der Waals surface area (Å²) < 4.78 is 0. The summed E-state index contributed by atoms with van der Waals surface area (Å²) in [5.41, 5.74) is 1.37. The van der Waals surface area contributed by atoms with Gasteiger partial charge in [-0.1, -0.05) is 6.92 Å². The average molecular weight is 246 g/mol. The number of nitrogens with one attached hydrogen (secondary N) is 1. The topological polar surface area (TPSA) is 69.0 Å². The molecule has 1 heterocycles. The Bertz CT molecular complexity index is 478. The van der Waals surface area contributed by atoms with Gasteiger partial charge in [0.2, 0.25) is 5.91 Å². The third-order valence-corrected chi connectivity index (χ3v) is 2.74. The van der Waals surface area contributed by atoms with Crippen molar-refractivity contribution in [2.24, 2.45) is 5.92 Å². The molecule has 0 bridgehead atoms. The fourth-order valence-electron chi connectivity index (χ4n) is 1.75. The Morgan fingerprint density at radius 2 is 2.28 bits per heavy atom. The third-order valence-electron chi connectivity index (χ3n) is 2.74. The van der Waals surface area contributed by atoms with Gasteiger partial charge in [0.05, 0.1) is 11.5 Å². The number of anilines is 1. The molecule has 96 valence electrons. The molecule has 5 heteroatoms. The number of nitriles is 1. The van der Waals surface area contributed by atoms with Gasteiger partial charge in [0, 0.05) is 26.3 Å². The van der Waals surface area contributed by atoms with Crippen LogP contribution in [0.1, 0.15) is 18.2 Å². The second-order valence-electron chi connectivity index (χ2n) is 4.33. The van der Waals surface area contributed by atoms with Crippen LogP contribution in [0.25, 0.3) is 0 Å². The Kier molecular flexibility index (Phi) is 4.67. The molecule has 1 aromatic rings. The quantitative estimate of drug-likeness (QED) is 0.863. The maximum Gasteiger partial charge on any atom is 0.224 e. The fourth-order valence-corrected chi connectivity index (χ4v) is 1.75. The van der Waals surface area contributed by atoms with Gasteiger partial charge in [-0.3, -0.25) is 4.79 Å². The van der Waals surface area contributed by atoms with Gasteiger partial charge in [-0.2, -0.15) is 5.26 Å². The molecule has 0 aliphatic carbocycles. The Labute approximate surface area is 107 Å². The van der Waals surface area contributed by atoms with Crippen molar-refractivity contribution >= 4 is 11.7 Å². The van der Waals surface area contributed by atoms with Crippen LogP contribution in [-0.4, -0.2) is 31.5 Å².